The van der Waals surface area contributed by atoms with E-state index in [2.05, 4.69) is 25.8 Å². The predicted molar refractivity (Wildman–Crippen MR) is 97.2 cm³/mol. The Balaban J connectivity index is 1.96. The summed E-state index contributed by atoms with van der Waals surface area (Å²) in [6.45, 7) is 3.52. The van der Waals surface area contributed by atoms with Crippen molar-refractivity contribution >= 4 is 26.0 Å². The van der Waals surface area contributed by atoms with Crippen LogP contribution in [0.4, 0.5) is 0 Å². The summed E-state index contributed by atoms with van der Waals surface area (Å²) in [5.41, 5.74) is 2.19. The van der Waals surface area contributed by atoms with Crippen LogP contribution in [0.1, 0.15) is 42.3 Å². The third-order valence-corrected chi connectivity index (χ3v) is 7.07. The van der Waals surface area contributed by atoms with Crippen LogP contribution in [0.15, 0.2) is 33.6 Å². The van der Waals surface area contributed by atoms with E-state index < -0.39 is 10.0 Å². The number of hydrogen-bond acceptors (Lipinski definition) is 3. The minimum absolute atomic E-state index is 0.198. The van der Waals surface area contributed by atoms with Gasteiger partial charge >= 0.3 is 0 Å². The minimum atomic E-state index is -3.62. The molecule has 1 heterocycles. The monoisotopic (exact) mass is 411 g/mol. The second-order valence-electron chi connectivity index (χ2n) is 6.47. The summed E-state index contributed by atoms with van der Waals surface area (Å²) in [6.07, 6.45) is 3.26. The maximum atomic E-state index is 13.0. The lowest BCUT2D eigenvalue weighted by molar-refractivity contribution is 0.251. The molecule has 1 aromatic carbocycles. The fourth-order valence-electron chi connectivity index (χ4n) is 3.25. The number of aryl methyl sites for hydroxylation is 2. The van der Waals surface area contributed by atoms with Crippen molar-refractivity contribution in [1.82, 2.24) is 14.5 Å². The SMILES string of the molecule is Cc1nn(C)c(C)c1S(=O)(=O)N[C@@H](c1ccc(Br)cc1)C1CCC1. The Bertz CT molecular complexity index is 839. The molecule has 1 atom stereocenters. The Hall–Kier alpha value is -1.18. The van der Waals surface area contributed by atoms with Crippen molar-refractivity contribution in [2.45, 2.75) is 44.0 Å². The van der Waals surface area contributed by atoms with Crippen LogP contribution >= 0.6 is 15.9 Å². The van der Waals surface area contributed by atoms with Crippen molar-refractivity contribution in [3.63, 3.8) is 0 Å². The van der Waals surface area contributed by atoms with Crippen LogP contribution in [0.2, 0.25) is 0 Å². The highest BCUT2D eigenvalue weighted by atomic mass is 79.9. The highest BCUT2D eigenvalue weighted by Gasteiger charge is 2.34. The van der Waals surface area contributed by atoms with Crippen LogP contribution in [0, 0.1) is 19.8 Å². The van der Waals surface area contributed by atoms with Crippen molar-refractivity contribution < 1.29 is 8.42 Å². The zero-order valence-corrected chi connectivity index (χ0v) is 16.5. The van der Waals surface area contributed by atoms with E-state index in [0.29, 0.717) is 22.2 Å². The molecule has 1 aliphatic rings. The molecule has 0 aliphatic heterocycles. The Morgan fingerprint density at radius 3 is 2.33 bits per heavy atom. The van der Waals surface area contributed by atoms with Gasteiger partial charge in [-0.3, -0.25) is 4.68 Å². The van der Waals surface area contributed by atoms with Gasteiger partial charge in [0, 0.05) is 17.6 Å². The average molecular weight is 412 g/mol. The molecule has 0 unspecified atom stereocenters. The predicted octanol–water partition coefficient (Wildman–Crippen LogP) is 3.62. The first kappa shape index (κ1) is 17.6. The number of aromatic nitrogens is 2. The highest BCUT2D eigenvalue weighted by Crippen LogP contribution is 2.39. The standard InChI is InChI=1S/C17H22BrN3O2S/c1-11-17(12(2)21(3)19-11)24(22,23)20-16(13-5-4-6-13)14-7-9-15(18)10-8-14/h7-10,13,16,20H,4-6H2,1-3H3/t16-/m1/s1. The highest BCUT2D eigenvalue weighted by molar-refractivity contribution is 9.10. The van der Waals surface area contributed by atoms with Gasteiger partial charge in [-0.15, -0.1) is 0 Å². The van der Waals surface area contributed by atoms with Gasteiger partial charge in [0.05, 0.1) is 11.4 Å². The average Bonchev–Trinajstić information content (AvgIpc) is 2.70. The molecule has 1 aliphatic carbocycles. The lowest BCUT2D eigenvalue weighted by Gasteiger charge is -2.34. The number of benzene rings is 1. The Labute approximate surface area is 151 Å². The molecule has 130 valence electrons. The van der Waals surface area contributed by atoms with E-state index in [1.54, 1.807) is 25.6 Å². The summed E-state index contributed by atoms with van der Waals surface area (Å²) in [4.78, 5) is 0.298. The van der Waals surface area contributed by atoms with Gasteiger partial charge in [-0.1, -0.05) is 34.5 Å². The second kappa shape index (κ2) is 6.61. The molecule has 7 heteroatoms. The van der Waals surface area contributed by atoms with Crippen LogP contribution in [-0.2, 0) is 17.1 Å². The van der Waals surface area contributed by atoms with Gasteiger partial charge in [-0.25, -0.2) is 13.1 Å². The Kier molecular flexibility index (Phi) is 4.86. The Morgan fingerprint density at radius 1 is 1.25 bits per heavy atom. The molecule has 24 heavy (non-hydrogen) atoms. The number of halogens is 1. The zero-order chi connectivity index (χ0) is 17.5. The van der Waals surface area contributed by atoms with Crippen molar-refractivity contribution in [1.29, 1.82) is 0 Å². The lowest BCUT2D eigenvalue weighted by atomic mass is 9.77. The molecule has 0 amide bonds. The maximum absolute atomic E-state index is 13.0. The zero-order valence-electron chi connectivity index (χ0n) is 14.1. The van der Waals surface area contributed by atoms with Gasteiger partial charge in [0.25, 0.3) is 0 Å². The van der Waals surface area contributed by atoms with Crippen LogP contribution in [-0.4, -0.2) is 18.2 Å². The fraction of sp³-hybridized carbons (Fsp3) is 0.471. The lowest BCUT2D eigenvalue weighted by Crippen LogP contribution is -2.36. The largest absolute Gasteiger partial charge is 0.271 e. The summed E-state index contributed by atoms with van der Waals surface area (Å²) in [6, 6.07) is 7.68. The van der Waals surface area contributed by atoms with Gasteiger partial charge < -0.3 is 0 Å². The molecule has 0 radical (unpaired) electrons. The first-order chi connectivity index (χ1) is 11.3. The Morgan fingerprint density at radius 2 is 1.88 bits per heavy atom. The summed E-state index contributed by atoms with van der Waals surface area (Å²) in [7, 11) is -1.86. The first-order valence-electron chi connectivity index (χ1n) is 8.07. The van der Waals surface area contributed by atoms with E-state index >= 15 is 0 Å². The molecule has 1 fully saturated rings. The topological polar surface area (TPSA) is 64.0 Å². The molecular formula is C17H22BrN3O2S. The number of nitrogens with zero attached hydrogens (tertiary/aromatic N) is 2. The third-order valence-electron chi connectivity index (χ3n) is 4.84. The number of sulfonamides is 1. The minimum Gasteiger partial charge on any atom is -0.271 e. The van der Waals surface area contributed by atoms with Crippen LogP contribution in [0.5, 0.6) is 0 Å². The molecule has 0 spiro atoms. The van der Waals surface area contributed by atoms with Crippen LogP contribution < -0.4 is 4.72 Å². The molecule has 1 N–H and O–H groups in total. The van der Waals surface area contributed by atoms with Crippen molar-refractivity contribution in [2.75, 3.05) is 0 Å². The third kappa shape index (κ3) is 3.30. The van der Waals surface area contributed by atoms with E-state index in [1.807, 2.05) is 24.3 Å². The maximum Gasteiger partial charge on any atom is 0.244 e. The number of nitrogens with one attached hydrogen (secondary N) is 1. The fourth-order valence-corrected chi connectivity index (χ4v) is 5.24. The molecule has 2 aromatic rings. The van der Waals surface area contributed by atoms with Gasteiger partial charge in [-0.05, 0) is 50.3 Å². The van der Waals surface area contributed by atoms with Crippen molar-refractivity contribution in [2.24, 2.45) is 13.0 Å². The molecule has 3 rings (SSSR count). The van der Waals surface area contributed by atoms with E-state index in [9.17, 15) is 8.42 Å². The van der Waals surface area contributed by atoms with Crippen LogP contribution in [0.3, 0.4) is 0 Å². The van der Waals surface area contributed by atoms with E-state index in [4.69, 9.17) is 0 Å². The normalized spacial score (nSPS) is 16.8. The van der Waals surface area contributed by atoms with Crippen LogP contribution in [0.25, 0.3) is 0 Å². The first-order valence-corrected chi connectivity index (χ1v) is 10.3. The molecule has 5 nitrogen and oxygen atoms in total. The summed E-state index contributed by atoms with van der Waals surface area (Å²) in [5.74, 6) is 0.346. The summed E-state index contributed by atoms with van der Waals surface area (Å²) in [5, 5.41) is 4.24. The second-order valence-corrected chi connectivity index (χ2v) is 9.03. The smallest absolute Gasteiger partial charge is 0.244 e. The number of rotatable bonds is 5. The van der Waals surface area contributed by atoms with Gasteiger partial charge in [0.2, 0.25) is 10.0 Å². The van der Waals surface area contributed by atoms with E-state index in [0.717, 1.165) is 29.3 Å². The number of hydrogen-bond donors (Lipinski definition) is 1. The molecule has 1 saturated carbocycles. The molecule has 0 saturated heterocycles. The van der Waals surface area contributed by atoms with E-state index in [-0.39, 0.29) is 6.04 Å². The quantitative estimate of drug-likeness (QED) is 0.816. The van der Waals surface area contributed by atoms with E-state index in [1.165, 1.54) is 0 Å². The molecule has 1 aromatic heterocycles. The molecular weight excluding hydrogens is 390 g/mol. The summed E-state index contributed by atoms with van der Waals surface area (Å²) < 4.78 is 31.6. The van der Waals surface area contributed by atoms with Crippen molar-refractivity contribution in [3.05, 3.63) is 45.7 Å². The summed E-state index contributed by atoms with van der Waals surface area (Å²) >= 11 is 3.43. The van der Waals surface area contributed by atoms with Gasteiger partial charge in [0.15, 0.2) is 0 Å². The van der Waals surface area contributed by atoms with Crippen molar-refractivity contribution in [3.8, 4) is 0 Å². The van der Waals surface area contributed by atoms with Gasteiger partial charge in [-0.2, -0.15) is 5.10 Å². The van der Waals surface area contributed by atoms with Gasteiger partial charge in [0.1, 0.15) is 4.90 Å². The molecule has 0 bridgehead atoms.